The SMILES string of the molecule is COc1ccc(-c2c(C)[nH]n3c(=O)c(CCC(=O)O)c(C)nc23)cc1. The van der Waals surface area contributed by atoms with Gasteiger partial charge in [-0.05, 0) is 38.0 Å². The van der Waals surface area contributed by atoms with E-state index in [0.717, 1.165) is 22.6 Å². The smallest absolute Gasteiger partial charge is 0.303 e. The van der Waals surface area contributed by atoms with E-state index in [2.05, 4.69) is 10.1 Å². The molecule has 0 unspecified atom stereocenters. The highest BCUT2D eigenvalue weighted by Gasteiger charge is 2.18. The van der Waals surface area contributed by atoms with Gasteiger partial charge in [-0.2, -0.15) is 0 Å². The number of hydrogen-bond donors (Lipinski definition) is 2. The van der Waals surface area contributed by atoms with Gasteiger partial charge >= 0.3 is 5.97 Å². The van der Waals surface area contributed by atoms with E-state index in [0.29, 0.717) is 16.9 Å². The monoisotopic (exact) mass is 341 g/mol. The number of aryl methyl sites for hydroxylation is 2. The summed E-state index contributed by atoms with van der Waals surface area (Å²) in [6, 6.07) is 7.53. The molecule has 0 amide bonds. The highest BCUT2D eigenvalue weighted by Crippen LogP contribution is 2.28. The molecule has 2 heterocycles. The summed E-state index contributed by atoms with van der Waals surface area (Å²) < 4.78 is 6.57. The van der Waals surface area contributed by atoms with Crippen LogP contribution in [-0.4, -0.2) is 32.8 Å². The number of benzene rings is 1. The molecule has 3 aromatic rings. The maximum absolute atomic E-state index is 12.7. The van der Waals surface area contributed by atoms with Crippen LogP contribution in [0.1, 0.15) is 23.4 Å². The summed E-state index contributed by atoms with van der Waals surface area (Å²) in [7, 11) is 1.61. The Balaban J connectivity index is 2.17. The molecule has 0 aliphatic rings. The summed E-state index contributed by atoms with van der Waals surface area (Å²) in [4.78, 5) is 28.1. The van der Waals surface area contributed by atoms with Crippen LogP contribution in [0.15, 0.2) is 29.1 Å². The van der Waals surface area contributed by atoms with Crippen molar-refractivity contribution in [3.8, 4) is 16.9 Å². The Morgan fingerprint density at radius 3 is 2.56 bits per heavy atom. The predicted molar refractivity (Wildman–Crippen MR) is 93.2 cm³/mol. The lowest BCUT2D eigenvalue weighted by Crippen LogP contribution is -2.22. The van der Waals surface area contributed by atoms with E-state index in [1.807, 2.05) is 31.2 Å². The molecule has 25 heavy (non-hydrogen) atoms. The lowest BCUT2D eigenvalue weighted by Gasteiger charge is -2.06. The van der Waals surface area contributed by atoms with Gasteiger partial charge in [-0.15, -0.1) is 0 Å². The quantitative estimate of drug-likeness (QED) is 0.742. The van der Waals surface area contributed by atoms with Crippen molar-refractivity contribution in [2.45, 2.75) is 26.7 Å². The minimum Gasteiger partial charge on any atom is -0.497 e. The van der Waals surface area contributed by atoms with Crippen LogP contribution in [0, 0.1) is 13.8 Å². The highest BCUT2D eigenvalue weighted by atomic mass is 16.5. The standard InChI is InChI=1S/C18H19N3O4/c1-10-14(8-9-15(22)23)18(24)21-17(19-10)16(11(2)20-21)12-4-6-13(25-3)7-5-12/h4-7,20H,8-9H2,1-3H3,(H,22,23). The van der Waals surface area contributed by atoms with Crippen molar-refractivity contribution in [3.63, 3.8) is 0 Å². The van der Waals surface area contributed by atoms with Crippen molar-refractivity contribution < 1.29 is 14.6 Å². The first-order valence-electron chi connectivity index (χ1n) is 7.89. The molecule has 2 N–H and O–H groups in total. The molecular formula is C18H19N3O4. The second kappa shape index (κ2) is 6.43. The minimum atomic E-state index is -0.939. The van der Waals surface area contributed by atoms with Crippen LogP contribution < -0.4 is 10.3 Å². The summed E-state index contributed by atoms with van der Waals surface area (Å²) >= 11 is 0. The Kier molecular flexibility index (Phi) is 4.31. The first-order valence-corrected chi connectivity index (χ1v) is 7.89. The first-order chi connectivity index (χ1) is 11.9. The van der Waals surface area contributed by atoms with Crippen LogP contribution in [0.5, 0.6) is 5.75 Å². The number of fused-ring (bicyclic) bond motifs is 1. The minimum absolute atomic E-state index is 0.102. The number of carbonyl (C=O) groups is 1. The third kappa shape index (κ3) is 3.00. The molecular weight excluding hydrogens is 322 g/mol. The van der Waals surface area contributed by atoms with Crippen LogP contribution in [-0.2, 0) is 11.2 Å². The molecule has 0 saturated heterocycles. The number of aromatic nitrogens is 3. The second-order valence-corrected chi connectivity index (χ2v) is 5.87. The molecule has 0 saturated carbocycles. The zero-order valence-corrected chi connectivity index (χ0v) is 14.3. The molecule has 0 radical (unpaired) electrons. The van der Waals surface area contributed by atoms with E-state index in [9.17, 15) is 9.59 Å². The molecule has 130 valence electrons. The van der Waals surface area contributed by atoms with Gasteiger partial charge < -0.3 is 9.84 Å². The average molecular weight is 341 g/mol. The second-order valence-electron chi connectivity index (χ2n) is 5.87. The van der Waals surface area contributed by atoms with E-state index < -0.39 is 5.97 Å². The Morgan fingerprint density at radius 2 is 1.96 bits per heavy atom. The lowest BCUT2D eigenvalue weighted by atomic mass is 10.1. The fourth-order valence-corrected chi connectivity index (χ4v) is 2.95. The summed E-state index contributed by atoms with van der Waals surface area (Å²) in [6.07, 6.45) is 0.0563. The van der Waals surface area contributed by atoms with Gasteiger partial charge in [-0.1, -0.05) is 12.1 Å². The topological polar surface area (TPSA) is 96.7 Å². The maximum Gasteiger partial charge on any atom is 0.303 e. The molecule has 0 aliphatic heterocycles. The number of H-pyrrole nitrogens is 1. The number of hydrogen-bond acceptors (Lipinski definition) is 4. The zero-order chi connectivity index (χ0) is 18.1. The van der Waals surface area contributed by atoms with Crippen LogP contribution in [0.4, 0.5) is 0 Å². The number of methoxy groups -OCH3 is 1. The van der Waals surface area contributed by atoms with Crippen LogP contribution in [0.3, 0.4) is 0 Å². The summed E-state index contributed by atoms with van der Waals surface area (Å²) in [5.41, 5.74) is 3.82. The first kappa shape index (κ1) is 16.8. The zero-order valence-electron chi connectivity index (χ0n) is 14.3. The van der Waals surface area contributed by atoms with Crippen molar-refractivity contribution in [1.82, 2.24) is 14.6 Å². The summed E-state index contributed by atoms with van der Waals surface area (Å²) in [6.45, 7) is 3.61. The molecule has 0 bridgehead atoms. The Morgan fingerprint density at radius 1 is 1.28 bits per heavy atom. The fraction of sp³-hybridized carbons (Fsp3) is 0.278. The van der Waals surface area contributed by atoms with Gasteiger partial charge in [-0.25, -0.2) is 9.50 Å². The maximum atomic E-state index is 12.7. The Hall–Kier alpha value is -3.09. The van der Waals surface area contributed by atoms with Gasteiger partial charge in [0.25, 0.3) is 5.56 Å². The molecule has 0 fully saturated rings. The summed E-state index contributed by atoms with van der Waals surface area (Å²) in [5, 5.41) is 11.9. The number of nitrogens with zero attached hydrogens (tertiary/aromatic N) is 2. The normalized spacial score (nSPS) is 11.0. The third-order valence-corrected chi connectivity index (χ3v) is 4.23. The van der Waals surface area contributed by atoms with Crippen molar-refractivity contribution in [1.29, 1.82) is 0 Å². The van der Waals surface area contributed by atoms with Gasteiger partial charge in [0.15, 0.2) is 5.65 Å². The van der Waals surface area contributed by atoms with Crippen LogP contribution in [0.2, 0.25) is 0 Å². The highest BCUT2D eigenvalue weighted by molar-refractivity contribution is 5.80. The molecule has 7 nitrogen and oxygen atoms in total. The van der Waals surface area contributed by atoms with E-state index in [1.165, 1.54) is 4.52 Å². The van der Waals surface area contributed by atoms with Gasteiger partial charge in [0, 0.05) is 28.9 Å². The van der Waals surface area contributed by atoms with E-state index in [-0.39, 0.29) is 18.4 Å². The van der Waals surface area contributed by atoms with Crippen molar-refractivity contribution >= 4 is 11.6 Å². The predicted octanol–water partition coefficient (Wildman–Crippen LogP) is 2.33. The Bertz CT molecular complexity index is 1000. The van der Waals surface area contributed by atoms with Gasteiger partial charge in [0.05, 0.1) is 7.11 Å². The van der Waals surface area contributed by atoms with E-state index in [4.69, 9.17) is 9.84 Å². The van der Waals surface area contributed by atoms with Crippen molar-refractivity contribution in [3.05, 3.63) is 51.6 Å². The molecule has 1 aromatic carbocycles. The van der Waals surface area contributed by atoms with Crippen LogP contribution >= 0.6 is 0 Å². The van der Waals surface area contributed by atoms with Crippen molar-refractivity contribution in [2.75, 3.05) is 7.11 Å². The number of carboxylic acids is 1. The fourth-order valence-electron chi connectivity index (χ4n) is 2.95. The number of nitrogens with one attached hydrogen (secondary N) is 1. The van der Waals surface area contributed by atoms with Gasteiger partial charge in [-0.3, -0.25) is 14.7 Å². The van der Waals surface area contributed by atoms with Gasteiger partial charge in [0.1, 0.15) is 5.75 Å². The number of carboxylic acid groups (broad SMARTS) is 1. The van der Waals surface area contributed by atoms with Gasteiger partial charge in [0.2, 0.25) is 0 Å². The molecule has 0 spiro atoms. The number of rotatable bonds is 5. The largest absolute Gasteiger partial charge is 0.497 e. The molecule has 7 heteroatoms. The van der Waals surface area contributed by atoms with E-state index in [1.54, 1.807) is 14.0 Å². The molecule has 2 aromatic heterocycles. The van der Waals surface area contributed by atoms with Crippen molar-refractivity contribution in [2.24, 2.45) is 0 Å². The Labute approximate surface area is 143 Å². The molecule has 0 aliphatic carbocycles. The molecule has 0 atom stereocenters. The average Bonchev–Trinajstić information content (AvgIpc) is 2.91. The third-order valence-electron chi connectivity index (χ3n) is 4.23. The lowest BCUT2D eigenvalue weighted by molar-refractivity contribution is -0.136. The summed E-state index contributed by atoms with van der Waals surface area (Å²) in [5.74, 6) is -0.191. The number of aromatic amines is 1. The van der Waals surface area contributed by atoms with E-state index >= 15 is 0 Å². The molecule has 3 rings (SSSR count). The van der Waals surface area contributed by atoms with Crippen LogP contribution in [0.25, 0.3) is 16.8 Å². The number of aliphatic carboxylic acids is 1. The number of ether oxygens (including phenoxy) is 1.